The Morgan fingerprint density at radius 2 is 1.41 bits per heavy atom. The zero-order valence-electron chi connectivity index (χ0n) is 19.7. The van der Waals surface area contributed by atoms with E-state index in [1.165, 1.54) is 20.0 Å². The Morgan fingerprint density at radius 3 is 2.06 bits per heavy atom. The fourth-order valence-electron chi connectivity index (χ4n) is 3.26. The van der Waals surface area contributed by atoms with Crippen molar-refractivity contribution in [1.82, 2.24) is 0 Å². The quantitative estimate of drug-likeness (QED) is 0.159. The number of esters is 2. The van der Waals surface area contributed by atoms with Gasteiger partial charge in [0.15, 0.2) is 0 Å². The maximum Gasteiger partial charge on any atom is 0.305 e. The van der Waals surface area contributed by atoms with Crippen LogP contribution in [0.5, 0.6) is 0 Å². The Kier molecular flexibility index (Phi) is 16.2. The molecule has 0 aliphatic heterocycles. The summed E-state index contributed by atoms with van der Waals surface area (Å²) in [5.41, 5.74) is 0.839. The van der Waals surface area contributed by atoms with Gasteiger partial charge in [0, 0.05) is 24.2 Å². The second-order valence-electron chi connectivity index (χ2n) is 7.71. The SMILES string of the molecule is CCOC(=O)CCCSc1ccccc1NC(=O)CCCCCCCCCCC(=O)OC. The highest BCUT2D eigenvalue weighted by atomic mass is 32.2. The van der Waals surface area contributed by atoms with E-state index in [1.54, 1.807) is 11.8 Å². The number of hydrogen-bond donors (Lipinski definition) is 1. The molecule has 6 nitrogen and oxygen atoms in total. The largest absolute Gasteiger partial charge is 0.469 e. The van der Waals surface area contributed by atoms with Crippen LogP contribution < -0.4 is 5.32 Å². The highest BCUT2D eigenvalue weighted by Gasteiger charge is 2.08. The van der Waals surface area contributed by atoms with Gasteiger partial charge < -0.3 is 14.8 Å². The van der Waals surface area contributed by atoms with Crippen LogP contribution in [0.4, 0.5) is 5.69 Å². The Balaban J connectivity index is 2.14. The van der Waals surface area contributed by atoms with Crippen LogP contribution in [-0.2, 0) is 23.9 Å². The number of anilines is 1. The van der Waals surface area contributed by atoms with Crippen LogP contribution in [0.25, 0.3) is 0 Å². The number of hydrogen-bond acceptors (Lipinski definition) is 6. The summed E-state index contributed by atoms with van der Waals surface area (Å²) in [6.45, 7) is 2.23. The normalized spacial score (nSPS) is 10.6. The second kappa shape index (κ2) is 18.5. The van der Waals surface area contributed by atoms with Crippen LogP contribution in [-0.4, -0.2) is 37.3 Å². The molecule has 1 amide bonds. The number of amides is 1. The van der Waals surface area contributed by atoms with Gasteiger partial charge in [-0.3, -0.25) is 14.4 Å². The highest BCUT2D eigenvalue weighted by Crippen LogP contribution is 2.28. The molecule has 1 aromatic carbocycles. The zero-order valence-corrected chi connectivity index (χ0v) is 20.5. The van der Waals surface area contributed by atoms with E-state index in [0.29, 0.717) is 25.9 Å². The summed E-state index contributed by atoms with van der Waals surface area (Å²) in [6, 6.07) is 7.80. The predicted molar refractivity (Wildman–Crippen MR) is 130 cm³/mol. The third-order valence-electron chi connectivity index (χ3n) is 5.01. The van der Waals surface area contributed by atoms with Crippen molar-refractivity contribution < 1.29 is 23.9 Å². The molecule has 0 saturated carbocycles. The summed E-state index contributed by atoms with van der Waals surface area (Å²) in [5, 5.41) is 3.03. The number of carbonyl (C=O) groups is 3. The van der Waals surface area contributed by atoms with E-state index in [1.807, 2.05) is 31.2 Å². The lowest BCUT2D eigenvalue weighted by Gasteiger charge is -2.11. The fourth-order valence-corrected chi connectivity index (χ4v) is 4.22. The first-order valence-electron chi connectivity index (χ1n) is 11.8. The average Bonchev–Trinajstić information content (AvgIpc) is 2.79. The molecule has 0 atom stereocenters. The van der Waals surface area contributed by atoms with E-state index >= 15 is 0 Å². The van der Waals surface area contributed by atoms with Crippen molar-refractivity contribution in [3.63, 3.8) is 0 Å². The van der Waals surface area contributed by atoms with E-state index in [-0.39, 0.29) is 17.8 Å². The number of methoxy groups -OCH3 is 1. The minimum atomic E-state index is -0.159. The number of benzene rings is 1. The molecule has 0 aromatic heterocycles. The molecule has 1 N–H and O–H groups in total. The average molecular weight is 466 g/mol. The van der Waals surface area contributed by atoms with Gasteiger partial charge in [0.25, 0.3) is 0 Å². The maximum atomic E-state index is 12.3. The minimum absolute atomic E-state index is 0.0485. The molecule has 0 spiro atoms. The van der Waals surface area contributed by atoms with Crippen molar-refractivity contribution in [2.45, 2.75) is 88.9 Å². The Bertz CT molecular complexity index is 680. The Morgan fingerprint density at radius 1 is 0.812 bits per heavy atom. The van der Waals surface area contributed by atoms with E-state index in [9.17, 15) is 14.4 Å². The lowest BCUT2D eigenvalue weighted by atomic mass is 10.1. The fraction of sp³-hybridized carbons (Fsp3) is 0.640. The van der Waals surface area contributed by atoms with E-state index in [4.69, 9.17) is 4.74 Å². The molecular formula is C25H39NO5S. The summed E-state index contributed by atoms with van der Waals surface area (Å²) >= 11 is 1.65. The van der Waals surface area contributed by atoms with Crippen molar-refractivity contribution in [1.29, 1.82) is 0 Å². The predicted octanol–water partition coefficient (Wildman–Crippen LogP) is 6.13. The van der Waals surface area contributed by atoms with Crippen molar-refractivity contribution in [2.75, 3.05) is 24.8 Å². The lowest BCUT2D eigenvalue weighted by Crippen LogP contribution is -2.11. The number of carbonyl (C=O) groups excluding carboxylic acids is 3. The van der Waals surface area contributed by atoms with E-state index < -0.39 is 0 Å². The van der Waals surface area contributed by atoms with Crippen molar-refractivity contribution in [3.8, 4) is 0 Å². The molecule has 0 unspecified atom stereocenters. The van der Waals surface area contributed by atoms with Crippen molar-refractivity contribution >= 4 is 35.3 Å². The van der Waals surface area contributed by atoms with E-state index in [0.717, 1.165) is 61.3 Å². The van der Waals surface area contributed by atoms with Crippen LogP contribution >= 0.6 is 11.8 Å². The molecule has 0 heterocycles. The number of rotatable bonds is 18. The first kappa shape index (κ1) is 28.0. The molecule has 0 saturated heterocycles. The minimum Gasteiger partial charge on any atom is -0.469 e. The van der Waals surface area contributed by atoms with Gasteiger partial charge >= 0.3 is 11.9 Å². The molecule has 1 aromatic rings. The Labute approximate surface area is 197 Å². The van der Waals surface area contributed by atoms with Gasteiger partial charge in [-0.05, 0) is 44.1 Å². The monoisotopic (exact) mass is 465 g/mol. The molecule has 0 fully saturated rings. The third kappa shape index (κ3) is 14.1. The van der Waals surface area contributed by atoms with Gasteiger partial charge in [-0.1, -0.05) is 50.7 Å². The molecule has 0 bridgehead atoms. The summed E-state index contributed by atoms with van der Waals surface area (Å²) in [5.74, 6) is 0.563. The van der Waals surface area contributed by atoms with E-state index in [2.05, 4.69) is 10.1 Å². The lowest BCUT2D eigenvalue weighted by molar-refractivity contribution is -0.143. The number of nitrogens with one attached hydrogen (secondary N) is 1. The molecule has 1 rings (SSSR count). The molecular weight excluding hydrogens is 426 g/mol. The summed E-state index contributed by atoms with van der Waals surface area (Å²) in [4.78, 5) is 35.8. The van der Waals surface area contributed by atoms with Crippen LogP contribution in [0.1, 0.15) is 84.0 Å². The standard InChI is InChI=1S/C25H39NO5S/c1-3-31-25(29)19-14-20-32-22-16-13-12-15-21(22)26-23(27)17-10-8-6-4-5-7-9-11-18-24(28)30-2/h12-13,15-16H,3-11,14,17-20H2,1-2H3,(H,26,27). The molecule has 0 aliphatic rings. The maximum absolute atomic E-state index is 12.3. The van der Waals surface area contributed by atoms with Crippen molar-refractivity contribution in [2.24, 2.45) is 0 Å². The topological polar surface area (TPSA) is 81.7 Å². The first-order valence-corrected chi connectivity index (χ1v) is 12.8. The molecule has 32 heavy (non-hydrogen) atoms. The van der Waals surface area contributed by atoms with Crippen LogP contribution in [0.15, 0.2) is 29.2 Å². The smallest absolute Gasteiger partial charge is 0.305 e. The summed E-state index contributed by atoms with van der Waals surface area (Å²) in [6.07, 6.45) is 10.8. The van der Waals surface area contributed by atoms with Gasteiger partial charge in [0.2, 0.25) is 5.91 Å². The van der Waals surface area contributed by atoms with Crippen molar-refractivity contribution in [3.05, 3.63) is 24.3 Å². The Hall–Kier alpha value is -2.02. The summed E-state index contributed by atoms with van der Waals surface area (Å²) < 4.78 is 9.58. The zero-order chi connectivity index (χ0) is 23.4. The first-order chi connectivity index (χ1) is 15.6. The second-order valence-corrected chi connectivity index (χ2v) is 8.84. The molecule has 0 aliphatic carbocycles. The number of ether oxygens (including phenoxy) is 2. The third-order valence-corrected chi connectivity index (χ3v) is 6.17. The molecule has 0 radical (unpaired) electrons. The van der Waals surface area contributed by atoms with Gasteiger partial charge in [-0.25, -0.2) is 0 Å². The number of unbranched alkanes of at least 4 members (excludes halogenated alkanes) is 7. The molecule has 180 valence electrons. The number of para-hydroxylation sites is 1. The van der Waals surface area contributed by atoms with Gasteiger partial charge in [0.1, 0.15) is 0 Å². The van der Waals surface area contributed by atoms with Gasteiger partial charge in [-0.2, -0.15) is 0 Å². The highest BCUT2D eigenvalue weighted by molar-refractivity contribution is 7.99. The van der Waals surface area contributed by atoms with Crippen LogP contribution in [0.3, 0.4) is 0 Å². The molecule has 7 heteroatoms. The summed E-state index contributed by atoms with van der Waals surface area (Å²) in [7, 11) is 1.43. The van der Waals surface area contributed by atoms with Gasteiger partial charge in [0.05, 0.1) is 19.4 Å². The van der Waals surface area contributed by atoms with Gasteiger partial charge in [-0.15, -0.1) is 11.8 Å². The van der Waals surface area contributed by atoms with Crippen LogP contribution in [0.2, 0.25) is 0 Å². The van der Waals surface area contributed by atoms with Crippen LogP contribution in [0, 0.1) is 0 Å². The number of thioether (sulfide) groups is 1.